The Morgan fingerprint density at radius 3 is 2.87 bits per heavy atom. The van der Waals surface area contributed by atoms with Crippen LogP contribution in [0.2, 0.25) is 0 Å². The fraction of sp³-hybridized carbons (Fsp3) is 0.526. The van der Waals surface area contributed by atoms with Gasteiger partial charge in [-0.25, -0.2) is 9.59 Å². The number of nitrogens with one attached hydrogen (secondary N) is 1. The Bertz CT molecular complexity index is 848. The van der Waals surface area contributed by atoms with Gasteiger partial charge in [-0.2, -0.15) is 0 Å². The molecule has 0 unspecified atom stereocenters. The second-order valence-corrected chi connectivity index (χ2v) is 7.30. The summed E-state index contributed by atoms with van der Waals surface area (Å²) < 4.78 is 15.8. The molecule has 11 heteroatoms. The molecule has 1 aromatic rings. The van der Waals surface area contributed by atoms with Crippen LogP contribution in [0.1, 0.15) is 6.92 Å². The first kappa shape index (κ1) is 20.1. The third kappa shape index (κ3) is 4.06. The number of hydrogen-bond donors (Lipinski definition) is 1. The number of rotatable bonds is 4. The molecule has 0 aromatic heterocycles. The van der Waals surface area contributed by atoms with Crippen molar-refractivity contribution in [2.45, 2.75) is 19.1 Å². The summed E-state index contributed by atoms with van der Waals surface area (Å²) in [6.07, 6.45) is -1.59. The Balaban J connectivity index is 1.43. The minimum Gasteiger partial charge on any atom is -0.489 e. The van der Waals surface area contributed by atoms with Crippen molar-refractivity contribution >= 4 is 29.5 Å². The lowest BCUT2D eigenvalue weighted by molar-refractivity contribution is -0.135. The second kappa shape index (κ2) is 8.27. The van der Waals surface area contributed by atoms with E-state index < -0.39 is 18.4 Å². The largest absolute Gasteiger partial charge is 0.527 e. The minimum absolute atomic E-state index is 0.0283. The lowest BCUT2D eigenvalue weighted by Gasteiger charge is -2.44. The van der Waals surface area contributed by atoms with Gasteiger partial charge in [0.25, 0.3) is 0 Å². The normalized spacial score (nSPS) is 23.1. The predicted molar refractivity (Wildman–Crippen MR) is 104 cm³/mol. The van der Waals surface area contributed by atoms with Crippen LogP contribution < -0.4 is 19.9 Å². The number of anilines is 2. The van der Waals surface area contributed by atoms with E-state index in [0.717, 1.165) is 5.69 Å². The molecule has 3 heterocycles. The number of ether oxygens (including phenoxy) is 3. The number of benzene rings is 1. The average molecular weight is 420 g/mol. The third-order valence-corrected chi connectivity index (χ3v) is 5.26. The first-order valence-corrected chi connectivity index (χ1v) is 9.71. The molecule has 0 radical (unpaired) electrons. The van der Waals surface area contributed by atoms with Crippen LogP contribution in [0.5, 0.6) is 5.75 Å². The summed E-state index contributed by atoms with van der Waals surface area (Å²) in [6.45, 7) is 4.16. The number of carbonyl (C=O) groups is 3. The van der Waals surface area contributed by atoms with E-state index in [1.807, 2.05) is 18.2 Å². The molecule has 2 atom stereocenters. The minimum atomic E-state index is -0.737. The fourth-order valence-corrected chi connectivity index (χ4v) is 3.82. The van der Waals surface area contributed by atoms with E-state index in [9.17, 15) is 14.4 Å². The van der Waals surface area contributed by atoms with Crippen LogP contribution in [-0.4, -0.2) is 81.8 Å². The standard InChI is InChI=1S/C19H24N4O7/c1-12(24)20-8-15-10-23(18(25)29-15)13-3-4-16-17(7-13)28-11-14-9-21(5-6-22(14)16)30-19(26)27-2/h3-4,7,14-15H,5-6,8-11H2,1-2H3,(H,20,24)/t14-,15+/m1/s1. The Labute approximate surface area is 173 Å². The number of amides is 2. The molecule has 1 aromatic carbocycles. The Hall–Kier alpha value is -3.21. The van der Waals surface area contributed by atoms with Gasteiger partial charge in [0.1, 0.15) is 18.5 Å². The summed E-state index contributed by atoms with van der Waals surface area (Å²) in [5, 5.41) is 4.24. The van der Waals surface area contributed by atoms with Gasteiger partial charge in [-0.15, -0.1) is 5.06 Å². The quantitative estimate of drug-likeness (QED) is 0.705. The Morgan fingerprint density at radius 1 is 1.27 bits per heavy atom. The van der Waals surface area contributed by atoms with Gasteiger partial charge < -0.3 is 29.3 Å². The lowest BCUT2D eigenvalue weighted by Crippen LogP contribution is -2.57. The first-order chi connectivity index (χ1) is 14.4. The van der Waals surface area contributed by atoms with Crippen molar-refractivity contribution in [2.75, 3.05) is 56.2 Å². The molecule has 162 valence electrons. The van der Waals surface area contributed by atoms with Gasteiger partial charge in [0.15, 0.2) is 0 Å². The predicted octanol–water partition coefficient (Wildman–Crippen LogP) is 0.729. The molecule has 0 aliphatic carbocycles. The van der Waals surface area contributed by atoms with Gasteiger partial charge in [0.2, 0.25) is 5.91 Å². The van der Waals surface area contributed by atoms with E-state index in [-0.39, 0.29) is 18.5 Å². The van der Waals surface area contributed by atoms with Crippen molar-refractivity contribution in [3.63, 3.8) is 0 Å². The van der Waals surface area contributed by atoms with Crippen molar-refractivity contribution in [1.82, 2.24) is 10.4 Å². The average Bonchev–Trinajstić information content (AvgIpc) is 3.12. The number of hydrogen-bond acceptors (Lipinski definition) is 9. The molecule has 11 nitrogen and oxygen atoms in total. The maximum atomic E-state index is 12.3. The molecule has 0 spiro atoms. The molecule has 30 heavy (non-hydrogen) atoms. The van der Waals surface area contributed by atoms with Gasteiger partial charge in [-0.1, -0.05) is 0 Å². The van der Waals surface area contributed by atoms with Crippen LogP contribution in [0.3, 0.4) is 0 Å². The molecule has 2 amide bonds. The van der Waals surface area contributed by atoms with Crippen LogP contribution in [0.25, 0.3) is 0 Å². The van der Waals surface area contributed by atoms with Crippen molar-refractivity contribution in [2.24, 2.45) is 0 Å². The van der Waals surface area contributed by atoms with Gasteiger partial charge in [0, 0.05) is 19.5 Å². The van der Waals surface area contributed by atoms with Crippen molar-refractivity contribution < 1.29 is 33.4 Å². The highest BCUT2D eigenvalue weighted by Crippen LogP contribution is 2.39. The molecule has 1 N–H and O–H groups in total. The van der Waals surface area contributed by atoms with Crippen LogP contribution >= 0.6 is 0 Å². The smallest absolute Gasteiger partial charge is 0.489 e. The van der Waals surface area contributed by atoms with E-state index in [0.29, 0.717) is 44.2 Å². The van der Waals surface area contributed by atoms with E-state index >= 15 is 0 Å². The summed E-state index contributed by atoms with van der Waals surface area (Å²) >= 11 is 0. The molecular formula is C19H24N4O7. The highest BCUT2D eigenvalue weighted by Gasteiger charge is 2.36. The zero-order valence-electron chi connectivity index (χ0n) is 16.8. The van der Waals surface area contributed by atoms with Crippen molar-refractivity contribution in [3.05, 3.63) is 18.2 Å². The van der Waals surface area contributed by atoms with E-state index in [2.05, 4.69) is 15.0 Å². The zero-order valence-corrected chi connectivity index (χ0v) is 16.8. The van der Waals surface area contributed by atoms with Crippen LogP contribution in [0, 0.1) is 0 Å². The number of hydroxylamine groups is 2. The number of nitrogens with zero attached hydrogens (tertiary/aromatic N) is 3. The maximum Gasteiger partial charge on any atom is 0.527 e. The molecule has 0 bridgehead atoms. The zero-order chi connectivity index (χ0) is 21.3. The van der Waals surface area contributed by atoms with Crippen LogP contribution in [0.15, 0.2) is 18.2 Å². The van der Waals surface area contributed by atoms with Gasteiger partial charge in [-0.3, -0.25) is 9.69 Å². The van der Waals surface area contributed by atoms with Gasteiger partial charge in [-0.05, 0) is 12.1 Å². The number of methoxy groups -OCH3 is 1. The van der Waals surface area contributed by atoms with Crippen LogP contribution in [-0.2, 0) is 19.1 Å². The SMILES string of the molecule is COC(=O)ON1CCN2c3ccc(N4C[C@H](CNC(C)=O)OC4=O)cc3OC[C@H]2C1. The molecular weight excluding hydrogens is 396 g/mol. The van der Waals surface area contributed by atoms with Crippen molar-refractivity contribution in [1.29, 1.82) is 0 Å². The Morgan fingerprint density at radius 2 is 2.10 bits per heavy atom. The molecule has 0 saturated carbocycles. The number of carbonyl (C=O) groups excluding carboxylic acids is 3. The Kier molecular flexibility index (Phi) is 5.53. The fourth-order valence-electron chi connectivity index (χ4n) is 3.82. The van der Waals surface area contributed by atoms with Crippen molar-refractivity contribution in [3.8, 4) is 5.75 Å². The highest BCUT2D eigenvalue weighted by atomic mass is 16.8. The first-order valence-electron chi connectivity index (χ1n) is 9.71. The topological polar surface area (TPSA) is 110 Å². The van der Waals surface area contributed by atoms with E-state index in [4.69, 9.17) is 14.3 Å². The molecule has 3 aliphatic heterocycles. The second-order valence-electron chi connectivity index (χ2n) is 7.30. The molecule has 2 saturated heterocycles. The third-order valence-electron chi connectivity index (χ3n) is 5.26. The molecule has 2 fully saturated rings. The lowest BCUT2D eigenvalue weighted by atomic mass is 10.1. The van der Waals surface area contributed by atoms with Crippen LogP contribution in [0.4, 0.5) is 21.0 Å². The van der Waals surface area contributed by atoms with E-state index in [1.165, 1.54) is 18.9 Å². The maximum absolute atomic E-state index is 12.3. The van der Waals surface area contributed by atoms with Gasteiger partial charge >= 0.3 is 12.2 Å². The monoisotopic (exact) mass is 420 g/mol. The summed E-state index contributed by atoms with van der Waals surface area (Å²) in [4.78, 5) is 43.5. The number of cyclic esters (lactones) is 1. The summed E-state index contributed by atoms with van der Waals surface area (Å²) in [5.74, 6) is 0.516. The number of piperazine rings is 1. The van der Waals surface area contributed by atoms with E-state index in [1.54, 1.807) is 5.06 Å². The summed E-state index contributed by atoms with van der Waals surface area (Å²) in [6, 6.07) is 5.62. The highest BCUT2D eigenvalue weighted by molar-refractivity contribution is 5.90. The molecule has 3 aliphatic rings. The molecule has 4 rings (SSSR count). The summed E-state index contributed by atoms with van der Waals surface area (Å²) in [7, 11) is 1.27. The summed E-state index contributed by atoms with van der Waals surface area (Å²) in [5.41, 5.74) is 1.60. The van der Waals surface area contributed by atoms with Gasteiger partial charge in [0.05, 0.1) is 50.7 Å². The number of fused-ring (bicyclic) bond motifs is 3.